The van der Waals surface area contributed by atoms with Crippen LogP contribution < -0.4 is 10.6 Å². The van der Waals surface area contributed by atoms with Gasteiger partial charge in [-0.25, -0.2) is 9.67 Å². The van der Waals surface area contributed by atoms with Gasteiger partial charge in [0.05, 0.1) is 6.54 Å². The van der Waals surface area contributed by atoms with Gasteiger partial charge in [-0.2, -0.15) is 5.10 Å². The fourth-order valence-electron chi connectivity index (χ4n) is 4.05. The smallest absolute Gasteiger partial charge is 0.191 e. The van der Waals surface area contributed by atoms with Crippen molar-refractivity contribution >= 4 is 29.9 Å². The summed E-state index contributed by atoms with van der Waals surface area (Å²) < 4.78 is 7.15. The van der Waals surface area contributed by atoms with Crippen molar-refractivity contribution in [2.75, 3.05) is 20.2 Å². The van der Waals surface area contributed by atoms with E-state index < -0.39 is 0 Å². The van der Waals surface area contributed by atoms with Crippen molar-refractivity contribution in [3.05, 3.63) is 11.6 Å². The molecule has 2 aliphatic rings. The van der Waals surface area contributed by atoms with Gasteiger partial charge in [0.25, 0.3) is 0 Å². The number of guanidine groups is 1. The summed E-state index contributed by atoms with van der Waals surface area (Å²) >= 11 is 0. The second kappa shape index (κ2) is 11.8. The lowest BCUT2D eigenvalue weighted by Crippen LogP contribution is -2.47. The van der Waals surface area contributed by atoms with Crippen molar-refractivity contribution in [3.8, 4) is 0 Å². The maximum absolute atomic E-state index is 5.14. The highest BCUT2D eigenvalue weighted by Crippen LogP contribution is 2.28. The molecule has 0 amide bonds. The number of ether oxygens (including phenoxy) is 1. The van der Waals surface area contributed by atoms with Gasteiger partial charge in [-0.3, -0.25) is 4.99 Å². The van der Waals surface area contributed by atoms with E-state index in [1.807, 2.05) is 4.68 Å². The van der Waals surface area contributed by atoms with Crippen LogP contribution in [0.2, 0.25) is 0 Å². The monoisotopic (exact) mass is 490 g/mol. The predicted octanol–water partition coefficient (Wildman–Crippen LogP) is 2.88. The van der Waals surface area contributed by atoms with Gasteiger partial charge in [-0.05, 0) is 32.1 Å². The summed E-state index contributed by atoms with van der Waals surface area (Å²) in [6, 6.07) is 0.340. The molecule has 2 heterocycles. The molecular formula is C19H35IN6O. The SMILES string of the molecule is CCNC(=NCCCC1CCCC1)NC1CCc2nc(COC)nn2C1.I. The average molecular weight is 490 g/mol. The number of aliphatic imine (C=N–C) groups is 1. The van der Waals surface area contributed by atoms with E-state index in [4.69, 9.17) is 9.73 Å². The lowest BCUT2D eigenvalue weighted by atomic mass is 10.0. The Labute approximate surface area is 180 Å². The Morgan fingerprint density at radius 1 is 1.30 bits per heavy atom. The number of aryl methyl sites for hydroxylation is 1. The summed E-state index contributed by atoms with van der Waals surface area (Å²) in [6.45, 7) is 5.21. The molecule has 1 aromatic heterocycles. The standard InChI is InChI=1S/C19H34N6O.HI/c1-3-20-19(21-12-6-9-15-7-4-5-8-15)22-16-10-11-18-23-17(14-26-2)24-25(18)13-16;/h15-16H,3-14H2,1-2H3,(H2,20,21,22);1H. The highest BCUT2D eigenvalue weighted by atomic mass is 127. The summed E-state index contributed by atoms with van der Waals surface area (Å²) in [5.74, 6) is 3.72. The third-order valence-corrected chi connectivity index (χ3v) is 5.38. The van der Waals surface area contributed by atoms with Crippen molar-refractivity contribution in [1.82, 2.24) is 25.4 Å². The molecule has 1 aromatic rings. The molecule has 3 rings (SSSR count). The van der Waals surface area contributed by atoms with E-state index in [-0.39, 0.29) is 24.0 Å². The molecule has 8 heteroatoms. The Kier molecular flexibility index (Phi) is 9.81. The third kappa shape index (κ3) is 6.89. The van der Waals surface area contributed by atoms with Crippen LogP contribution in [0.4, 0.5) is 0 Å². The quantitative estimate of drug-likeness (QED) is 0.254. The Bertz CT molecular complexity index is 585. The van der Waals surface area contributed by atoms with Gasteiger partial charge in [0.15, 0.2) is 11.8 Å². The number of aromatic nitrogens is 3. The summed E-state index contributed by atoms with van der Waals surface area (Å²) in [4.78, 5) is 9.33. The number of methoxy groups -OCH3 is 1. The van der Waals surface area contributed by atoms with Crippen LogP contribution in [0.1, 0.15) is 63.5 Å². The third-order valence-electron chi connectivity index (χ3n) is 5.38. The summed E-state index contributed by atoms with van der Waals surface area (Å²) in [7, 11) is 1.68. The van der Waals surface area contributed by atoms with Crippen LogP contribution in [0, 0.1) is 5.92 Å². The number of rotatable bonds is 8. The zero-order valence-corrected chi connectivity index (χ0v) is 19.1. The first-order chi connectivity index (χ1) is 12.8. The van der Waals surface area contributed by atoms with E-state index in [2.05, 4.69) is 27.6 Å². The van der Waals surface area contributed by atoms with Crippen molar-refractivity contribution in [2.24, 2.45) is 10.9 Å². The van der Waals surface area contributed by atoms with Crippen LogP contribution in [0.15, 0.2) is 4.99 Å². The molecule has 1 atom stereocenters. The molecule has 1 aliphatic carbocycles. The van der Waals surface area contributed by atoms with E-state index in [0.717, 1.165) is 56.0 Å². The molecule has 0 saturated heterocycles. The number of halogens is 1. The van der Waals surface area contributed by atoms with Gasteiger partial charge < -0.3 is 15.4 Å². The second-order valence-corrected chi connectivity index (χ2v) is 7.49. The van der Waals surface area contributed by atoms with Gasteiger partial charge in [-0.1, -0.05) is 25.7 Å². The number of nitrogens with zero attached hydrogens (tertiary/aromatic N) is 4. The molecule has 0 bridgehead atoms. The fourth-order valence-corrected chi connectivity index (χ4v) is 4.05. The normalized spacial score (nSPS) is 20.2. The molecular weight excluding hydrogens is 455 g/mol. The van der Waals surface area contributed by atoms with Crippen LogP contribution in [-0.4, -0.2) is 47.0 Å². The van der Waals surface area contributed by atoms with E-state index in [9.17, 15) is 0 Å². The van der Waals surface area contributed by atoms with Gasteiger partial charge in [0, 0.05) is 32.7 Å². The van der Waals surface area contributed by atoms with E-state index in [1.165, 1.54) is 38.5 Å². The predicted molar refractivity (Wildman–Crippen MR) is 119 cm³/mol. The van der Waals surface area contributed by atoms with Gasteiger partial charge in [0.1, 0.15) is 12.4 Å². The highest BCUT2D eigenvalue weighted by molar-refractivity contribution is 14.0. The molecule has 1 unspecified atom stereocenters. The minimum atomic E-state index is 0. The Hall–Kier alpha value is -0.900. The first-order valence-corrected chi connectivity index (χ1v) is 10.2. The molecule has 2 N–H and O–H groups in total. The van der Waals surface area contributed by atoms with Crippen LogP contribution in [-0.2, 0) is 24.3 Å². The van der Waals surface area contributed by atoms with Gasteiger partial charge >= 0.3 is 0 Å². The summed E-state index contributed by atoms with van der Waals surface area (Å²) in [5, 5.41) is 11.5. The minimum absolute atomic E-state index is 0. The number of fused-ring (bicyclic) bond motifs is 1. The molecule has 27 heavy (non-hydrogen) atoms. The molecule has 154 valence electrons. The summed E-state index contributed by atoms with van der Waals surface area (Å²) in [5.41, 5.74) is 0. The van der Waals surface area contributed by atoms with E-state index >= 15 is 0 Å². The molecule has 1 fully saturated rings. The maximum Gasteiger partial charge on any atom is 0.191 e. The summed E-state index contributed by atoms with van der Waals surface area (Å²) in [6.07, 6.45) is 10.2. The first-order valence-electron chi connectivity index (χ1n) is 10.2. The second-order valence-electron chi connectivity index (χ2n) is 7.49. The molecule has 0 aromatic carbocycles. The lowest BCUT2D eigenvalue weighted by Gasteiger charge is -2.25. The number of nitrogens with one attached hydrogen (secondary N) is 2. The zero-order chi connectivity index (χ0) is 18.2. The number of hydrogen-bond donors (Lipinski definition) is 2. The average Bonchev–Trinajstić information content (AvgIpc) is 3.28. The molecule has 1 aliphatic heterocycles. The fraction of sp³-hybridized carbons (Fsp3) is 0.842. The van der Waals surface area contributed by atoms with Crippen molar-refractivity contribution in [3.63, 3.8) is 0 Å². The van der Waals surface area contributed by atoms with Gasteiger partial charge in [-0.15, -0.1) is 24.0 Å². The van der Waals surface area contributed by atoms with Crippen LogP contribution in [0.3, 0.4) is 0 Å². The molecule has 0 spiro atoms. The zero-order valence-electron chi connectivity index (χ0n) is 16.7. The molecule has 0 radical (unpaired) electrons. The van der Waals surface area contributed by atoms with Crippen LogP contribution >= 0.6 is 24.0 Å². The Balaban J connectivity index is 0.00000261. The topological polar surface area (TPSA) is 76.4 Å². The minimum Gasteiger partial charge on any atom is -0.377 e. The van der Waals surface area contributed by atoms with Gasteiger partial charge in [0.2, 0.25) is 0 Å². The largest absolute Gasteiger partial charge is 0.377 e. The highest BCUT2D eigenvalue weighted by Gasteiger charge is 2.22. The lowest BCUT2D eigenvalue weighted by molar-refractivity contribution is 0.177. The Morgan fingerprint density at radius 2 is 2.11 bits per heavy atom. The van der Waals surface area contributed by atoms with Crippen LogP contribution in [0.25, 0.3) is 0 Å². The van der Waals surface area contributed by atoms with Crippen molar-refractivity contribution < 1.29 is 4.74 Å². The Morgan fingerprint density at radius 3 is 2.85 bits per heavy atom. The molecule has 7 nitrogen and oxygen atoms in total. The van der Waals surface area contributed by atoms with Crippen LogP contribution in [0.5, 0.6) is 0 Å². The van der Waals surface area contributed by atoms with Crippen molar-refractivity contribution in [1.29, 1.82) is 0 Å². The van der Waals surface area contributed by atoms with Crippen molar-refractivity contribution in [2.45, 2.75) is 77.5 Å². The number of hydrogen-bond acceptors (Lipinski definition) is 4. The molecule has 1 saturated carbocycles. The van der Waals surface area contributed by atoms with E-state index in [0.29, 0.717) is 12.6 Å². The van der Waals surface area contributed by atoms with E-state index in [1.54, 1.807) is 7.11 Å². The first kappa shape index (κ1) is 22.4. The maximum atomic E-state index is 5.14.